The molecule has 1 atom stereocenters. The van der Waals surface area contributed by atoms with Crippen LogP contribution in [0.1, 0.15) is 11.1 Å². The molecule has 2 aliphatic heterocycles. The summed E-state index contributed by atoms with van der Waals surface area (Å²) in [5, 5.41) is 0. The van der Waals surface area contributed by atoms with E-state index in [1.807, 2.05) is 17.0 Å². The largest absolute Gasteiger partial charge is 0.328 e. The van der Waals surface area contributed by atoms with E-state index in [1.54, 1.807) is 6.08 Å². The van der Waals surface area contributed by atoms with Crippen LogP contribution in [0, 0.1) is 0 Å². The van der Waals surface area contributed by atoms with Crippen molar-refractivity contribution in [1.29, 1.82) is 0 Å². The molecule has 70 valence electrons. The van der Waals surface area contributed by atoms with Gasteiger partial charge in [0.2, 0.25) is 5.91 Å². The van der Waals surface area contributed by atoms with Gasteiger partial charge in [-0.25, -0.2) is 0 Å². The lowest BCUT2D eigenvalue weighted by molar-refractivity contribution is -0.126. The summed E-state index contributed by atoms with van der Waals surface area (Å²) >= 11 is 0. The van der Waals surface area contributed by atoms with Gasteiger partial charge in [0.25, 0.3) is 0 Å². The number of rotatable bonds is 0. The first kappa shape index (κ1) is 7.80. The minimum absolute atomic E-state index is 0.157. The molecule has 1 aromatic carbocycles. The predicted molar refractivity (Wildman–Crippen MR) is 53.6 cm³/mol. The molecule has 0 aliphatic carbocycles. The Kier molecular flexibility index (Phi) is 1.51. The third kappa shape index (κ3) is 1.00. The number of carbonyl (C=O) groups is 1. The van der Waals surface area contributed by atoms with Gasteiger partial charge >= 0.3 is 0 Å². The van der Waals surface area contributed by atoms with Crippen molar-refractivity contribution in [3.8, 4) is 0 Å². The third-order valence-electron chi connectivity index (χ3n) is 3.03. The zero-order chi connectivity index (χ0) is 9.54. The number of nitrogens with zero attached hydrogens (tertiary/aromatic N) is 1. The zero-order valence-electron chi connectivity index (χ0n) is 7.81. The quantitative estimate of drug-likeness (QED) is 0.600. The molecule has 0 unspecified atom stereocenters. The molecule has 2 heterocycles. The SMILES string of the molecule is O=C1C=C[C@@H]2Cc3ccccc3CN12. The highest BCUT2D eigenvalue weighted by atomic mass is 16.2. The lowest BCUT2D eigenvalue weighted by Crippen LogP contribution is -2.38. The molecule has 2 aliphatic rings. The Morgan fingerprint density at radius 3 is 2.86 bits per heavy atom. The molecule has 0 fully saturated rings. The highest BCUT2D eigenvalue weighted by Crippen LogP contribution is 2.26. The van der Waals surface area contributed by atoms with Crippen LogP contribution >= 0.6 is 0 Å². The van der Waals surface area contributed by atoms with Gasteiger partial charge < -0.3 is 4.90 Å². The summed E-state index contributed by atoms with van der Waals surface area (Å²) in [5.74, 6) is 0.157. The number of benzene rings is 1. The number of fused-ring (bicyclic) bond motifs is 2. The van der Waals surface area contributed by atoms with Crippen molar-refractivity contribution in [3.05, 3.63) is 47.5 Å². The Morgan fingerprint density at radius 1 is 1.21 bits per heavy atom. The van der Waals surface area contributed by atoms with E-state index in [4.69, 9.17) is 0 Å². The highest BCUT2D eigenvalue weighted by Gasteiger charge is 2.30. The lowest BCUT2D eigenvalue weighted by Gasteiger charge is -2.31. The Labute approximate surface area is 82.8 Å². The average molecular weight is 185 g/mol. The molecular formula is C12H11NO. The first-order chi connectivity index (χ1) is 6.84. The van der Waals surface area contributed by atoms with Crippen molar-refractivity contribution in [2.24, 2.45) is 0 Å². The van der Waals surface area contributed by atoms with E-state index in [2.05, 4.69) is 18.2 Å². The second-order valence-electron chi connectivity index (χ2n) is 3.87. The smallest absolute Gasteiger partial charge is 0.247 e. The van der Waals surface area contributed by atoms with Crippen molar-refractivity contribution in [2.75, 3.05) is 0 Å². The van der Waals surface area contributed by atoms with E-state index < -0.39 is 0 Å². The molecule has 2 heteroatoms. The second-order valence-corrected chi connectivity index (χ2v) is 3.87. The molecule has 0 saturated carbocycles. The lowest BCUT2D eigenvalue weighted by atomic mass is 9.95. The first-order valence-electron chi connectivity index (χ1n) is 4.90. The van der Waals surface area contributed by atoms with E-state index >= 15 is 0 Å². The Balaban J connectivity index is 2.02. The van der Waals surface area contributed by atoms with Gasteiger partial charge in [0.15, 0.2) is 0 Å². The van der Waals surface area contributed by atoms with Crippen molar-refractivity contribution in [2.45, 2.75) is 19.0 Å². The van der Waals surface area contributed by atoms with Gasteiger partial charge in [-0.1, -0.05) is 30.3 Å². The summed E-state index contributed by atoms with van der Waals surface area (Å²) < 4.78 is 0. The van der Waals surface area contributed by atoms with Gasteiger partial charge in [0.05, 0.1) is 6.04 Å². The Hall–Kier alpha value is -1.57. The first-order valence-corrected chi connectivity index (χ1v) is 4.90. The van der Waals surface area contributed by atoms with Crippen molar-refractivity contribution in [1.82, 2.24) is 4.90 Å². The number of hydrogen-bond acceptors (Lipinski definition) is 1. The van der Waals surface area contributed by atoms with Crippen molar-refractivity contribution >= 4 is 5.91 Å². The molecular weight excluding hydrogens is 174 g/mol. The summed E-state index contributed by atoms with van der Waals surface area (Å²) in [5.41, 5.74) is 2.67. The Morgan fingerprint density at radius 2 is 2.00 bits per heavy atom. The minimum atomic E-state index is 0.157. The van der Waals surface area contributed by atoms with Crippen LogP contribution in [0.4, 0.5) is 0 Å². The predicted octanol–water partition coefficient (Wildman–Crippen LogP) is 1.51. The number of amides is 1. The molecule has 14 heavy (non-hydrogen) atoms. The Bertz CT molecular complexity index is 422. The molecule has 0 spiro atoms. The molecule has 1 amide bonds. The van der Waals surface area contributed by atoms with Gasteiger partial charge in [0, 0.05) is 12.6 Å². The van der Waals surface area contributed by atoms with Gasteiger partial charge in [-0.3, -0.25) is 4.79 Å². The fourth-order valence-corrected chi connectivity index (χ4v) is 2.25. The van der Waals surface area contributed by atoms with Crippen molar-refractivity contribution < 1.29 is 4.79 Å². The topological polar surface area (TPSA) is 20.3 Å². The maximum absolute atomic E-state index is 11.5. The molecule has 0 N–H and O–H groups in total. The van der Waals surface area contributed by atoms with Crippen LogP contribution in [0.25, 0.3) is 0 Å². The third-order valence-corrected chi connectivity index (χ3v) is 3.03. The molecule has 0 bridgehead atoms. The monoisotopic (exact) mass is 185 g/mol. The average Bonchev–Trinajstić information content (AvgIpc) is 2.57. The van der Waals surface area contributed by atoms with Crippen LogP contribution < -0.4 is 0 Å². The molecule has 1 aromatic rings. The standard InChI is InChI=1S/C12H11NO/c14-12-6-5-11-7-9-3-1-2-4-10(9)8-13(11)12/h1-6,11H,7-8H2/t11-/m1/s1. The molecule has 2 nitrogen and oxygen atoms in total. The van der Waals surface area contributed by atoms with E-state index in [0.29, 0.717) is 6.04 Å². The maximum atomic E-state index is 11.5. The maximum Gasteiger partial charge on any atom is 0.247 e. The second kappa shape index (κ2) is 2.71. The van der Waals surface area contributed by atoms with E-state index in [9.17, 15) is 4.79 Å². The summed E-state index contributed by atoms with van der Waals surface area (Å²) in [6, 6.07) is 8.67. The van der Waals surface area contributed by atoms with Crippen molar-refractivity contribution in [3.63, 3.8) is 0 Å². The van der Waals surface area contributed by atoms with E-state index in [0.717, 1.165) is 13.0 Å². The summed E-state index contributed by atoms with van der Waals surface area (Å²) in [6.07, 6.45) is 4.67. The normalized spacial score (nSPS) is 23.6. The fraction of sp³-hybridized carbons (Fsp3) is 0.250. The molecule has 3 rings (SSSR count). The minimum Gasteiger partial charge on any atom is -0.328 e. The van der Waals surface area contributed by atoms with Crippen LogP contribution in [0.15, 0.2) is 36.4 Å². The molecule has 0 saturated heterocycles. The van der Waals surface area contributed by atoms with Crippen LogP contribution in [-0.2, 0) is 17.8 Å². The van der Waals surface area contributed by atoms with Crippen LogP contribution in [-0.4, -0.2) is 16.8 Å². The zero-order valence-corrected chi connectivity index (χ0v) is 7.81. The number of hydrogen-bond donors (Lipinski definition) is 0. The summed E-state index contributed by atoms with van der Waals surface area (Å²) in [4.78, 5) is 13.4. The van der Waals surface area contributed by atoms with Crippen LogP contribution in [0.3, 0.4) is 0 Å². The van der Waals surface area contributed by atoms with Gasteiger partial charge in [-0.15, -0.1) is 0 Å². The highest BCUT2D eigenvalue weighted by molar-refractivity contribution is 5.90. The number of carbonyl (C=O) groups excluding carboxylic acids is 1. The van der Waals surface area contributed by atoms with Crippen LogP contribution in [0.2, 0.25) is 0 Å². The van der Waals surface area contributed by atoms with Gasteiger partial charge in [0.1, 0.15) is 0 Å². The van der Waals surface area contributed by atoms with E-state index in [1.165, 1.54) is 11.1 Å². The molecule has 0 radical (unpaired) electrons. The van der Waals surface area contributed by atoms with E-state index in [-0.39, 0.29) is 5.91 Å². The van der Waals surface area contributed by atoms with Crippen LogP contribution in [0.5, 0.6) is 0 Å². The summed E-state index contributed by atoms with van der Waals surface area (Å²) in [6.45, 7) is 0.771. The van der Waals surface area contributed by atoms with Gasteiger partial charge in [-0.2, -0.15) is 0 Å². The molecule has 0 aromatic heterocycles. The summed E-state index contributed by atoms with van der Waals surface area (Å²) in [7, 11) is 0. The van der Waals surface area contributed by atoms with Gasteiger partial charge in [-0.05, 0) is 17.5 Å². The fourth-order valence-electron chi connectivity index (χ4n) is 2.25.